The van der Waals surface area contributed by atoms with Gasteiger partial charge < -0.3 is 0 Å². The fraction of sp³-hybridized carbons (Fsp3) is 0.500. The van der Waals surface area contributed by atoms with Gasteiger partial charge in [-0.25, -0.2) is 0 Å². The predicted octanol–water partition coefficient (Wildman–Crippen LogP) is 4.75. The predicted molar refractivity (Wildman–Crippen MR) is 61.5 cm³/mol. The van der Waals surface area contributed by atoms with Crippen LogP contribution < -0.4 is 0 Å². The van der Waals surface area contributed by atoms with E-state index in [-0.39, 0.29) is 0 Å². The van der Waals surface area contributed by atoms with Crippen LogP contribution in [0, 0.1) is 0 Å². The Hall–Kier alpha value is -0.780. The summed E-state index contributed by atoms with van der Waals surface area (Å²) < 4.78 is 0. The van der Waals surface area contributed by atoms with E-state index in [0.717, 1.165) is 0 Å². The highest BCUT2D eigenvalue weighted by atomic mass is 14.0. The van der Waals surface area contributed by atoms with Crippen LogP contribution in [-0.2, 0) is 0 Å². The first-order valence-corrected chi connectivity index (χ1v) is 4.50. The Morgan fingerprint density at radius 3 is 0.500 bits per heavy atom. The fourth-order valence-corrected chi connectivity index (χ4v) is 1.06. The normalized spacial score (nSPS) is 13.0. The van der Waals surface area contributed by atoms with Crippen LogP contribution in [0.4, 0.5) is 0 Å². The maximum absolute atomic E-state index is 3.00. The van der Waals surface area contributed by atoms with Crippen molar-refractivity contribution in [1.29, 1.82) is 0 Å². The first kappa shape index (κ1) is 17.3. The van der Waals surface area contributed by atoms with E-state index < -0.39 is 0 Å². The van der Waals surface area contributed by atoms with Gasteiger partial charge in [0.15, 0.2) is 0 Å². The van der Waals surface area contributed by atoms with Crippen LogP contribution in [0.5, 0.6) is 0 Å². The van der Waals surface area contributed by atoms with Crippen molar-refractivity contribution < 1.29 is 0 Å². The van der Waals surface area contributed by atoms with Gasteiger partial charge in [-0.15, -0.1) is 39.5 Å². The number of rotatable bonds is 0. The molecule has 0 nitrogen and oxygen atoms in total. The van der Waals surface area contributed by atoms with Crippen LogP contribution in [-0.4, -0.2) is 0 Å². The average molecular weight is 168 g/mol. The molecule has 72 valence electrons. The van der Waals surface area contributed by atoms with Gasteiger partial charge in [-0.1, -0.05) is 38.5 Å². The van der Waals surface area contributed by atoms with Gasteiger partial charge in [-0.2, -0.15) is 0 Å². The van der Waals surface area contributed by atoms with Crippen LogP contribution in [0.15, 0.2) is 39.5 Å². The zero-order valence-corrected chi connectivity index (χ0v) is 8.49. The van der Waals surface area contributed by atoms with E-state index in [4.69, 9.17) is 0 Å². The second kappa shape index (κ2) is 31.9. The van der Waals surface area contributed by atoms with E-state index in [9.17, 15) is 0 Å². The molecule has 0 heteroatoms. The van der Waals surface area contributed by atoms with E-state index in [1.165, 1.54) is 38.5 Å². The molecule has 12 heavy (non-hydrogen) atoms. The van der Waals surface area contributed by atoms with Gasteiger partial charge in [-0.3, -0.25) is 0 Å². The third-order valence-electron chi connectivity index (χ3n) is 1.50. The Morgan fingerprint density at radius 2 is 0.417 bits per heavy atom. The van der Waals surface area contributed by atoms with Crippen LogP contribution in [0.1, 0.15) is 38.5 Å². The summed E-state index contributed by atoms with van der Waals surface area (Å²) in [4.78, 5) is 0. The molecular formula is C12H24. The Balaban J connectivity index is -0.000000117. The molecule has 0 aliphatic heterocycles. The lowest BCUT2D eigenvalue weighted by molar-refractivity contribution is 0.504. The van der Waals surface area contributed by atoms with Crippen molar-refractivity contribution in [3.8, 4) is 0 Å². The molecule has 0 heterocycles. The Kier molecular flexibility index (Phi) is 46.1. The van der Waals surface area contributed by atoms with Crippen molar-refractivity contribution >= 4 is 0 Å². The van der Waals surface area contributed by atoms with E-state index in [1.54, 1.807) is 0 Å². The SMILES string of the molecule is C1CCCCC1.C=C.C=C.C=C. The van der Waals surface area contributed by atoms with Gasteiger partial charge in [0, 0.05) is 0 Å². The molecule has 0 aromatic heterocycles. The number of hydrogen-bond acceptors (Lipinski definition) is 0. The van der Waals surface area contributed by atoms with Crippen molar-refractivity contribution in [3.63, 3.8) is 0 Å². The summed E-state index contributed by atoms with van der Waals surface area (Å²) in [5.41, 5.74) is 0. The van der Waals surface area contributed by atoms with Crippen molar-refractivity contribution in [2.24, 2.45) is 0 Å². The highest BCUT2D eigenvalue weighted by Crippen LogP contribution is 2.15. The molecule has 1 fully saturated rings. The molecule has 0 N–H and O–H groups in total. The second-order valence-electron chi connectivity index (χ2n) is 2.12. The maximum atomic E-state index is 3.00. The third kappa shape index (κ3) is 22.9. The molecule has 0 saturated heterocycles. The minimum atomic E-state index is 1.50. The molecule has 0 aromatic carbocycles. The molecule has 1 aliphatic rings. The minimum absolute atomic E-state index is 1.50. The van der Waals surface area contributed by atoms with E-state index in [2.05, 4.69) is 39.5 Å². The summed E-state index contributed by atoms with van der Waals surface area (Å²) in [7, 11) is 0. The summed E-state index contributed by atoms with van der Waals surface area (Å²) >= 11 is 0. The van der Waals surface area contributed by atoms with Gasteiger partial charge >= 0.3 is 0 Å². The summed E-state index contributed by atoms with van der Waals surface area (Å²) in [5.74, 6) is 0. The summed E-state index contributed by atoms with van der Waals surface area (Å²) in [6.07, 6.45) is 9.00. The zero-order chi connectivity index (χ0) is 10.2. The van der Waals surface area contributed by atoms with Gasteiger partial charge in [0.05, 0.1) is 0 Å². The lowest BCUT2D eigenvalue weighted by Crippen LogP contribution is -1.85. The van der Waals surface area contributed by atoms with Gasteiger partial charge in [-0.05, 0) is 0 Å². The standard InChI is InChI=1S/C6H12.3C2H4/c1-2-4-6-5-3-1;3*1-2/h1-6H2;3*1-2H2. The lowest BCUT2D eigenvalue weighted by atomic mass is 10.0. The monoisotopic (exact) mass is 168 g/mol. The number of hydrogen-bond donors (Lipinski definition) is 0. The summed E-state index contributed by atoms with van der Waals surface area (Å²) in [6, 6.07) is 0. The quantitative estimate of drug-likeness (QED) is 0.458. The van der Waals surface area contributed by atoms with Gasteiger partial charge in [0.25, 0.3) is 0 Å². The van der Waals surface area contributed by atoms with E-state index in [1.807, 2.05) is 0 Å². The highest BCUT2D eigenvalue weighted by molar-refractivity contribution is 4.51. The molecule has 0 amide bonds. The summed E-state index contributed by atoms with van der Waals surface area (Å²) in [5, 5.41) is 0. The topological polar surface area (TPSA) is 0 Å². The van der Waals surface area contributed by atoms with E-state index in [0.29, 0.717) is 0 Å². The van der Waals surface area contributed by atoms with Crippen LogP contribution in [0.3, 0.4) is 0 Å². The Labute approximate surface area is 78.7 Å². The van der Waals surface area contributed by atoms with E-state index >= 15 is 0 Å². The van der Waals surface area contributed by atoms with Crippen molar-refractivity contribution in [3.05, 3.63) is 39.5 Å². The zero-order valence-electron chi connectivity index (χ0n) is 8.49. The molecule has 0 spiro atoms. The third-order valence-corrected chi connectivity index (χ3v) is 1.50. The van der Waals surface area contributed by atoms with Crippen LogP contribution in [0.2, 0.25) is 0 Å². The molecule has 0 radical (unpaired) electrons. The molecule has 0 atom stereocenters. The van der Waals surface area contributed by atoms with Crippen molar-refractivity contribution in [2.75, 3.05) is 0 Å². The molecule has 1 rings (SSSR count). The molecule has 0 aromatic rings. The second-order valence-corrected chi connectivity index (χ2v) is 2.12. The highest BCUT2D eigenvalue weighted by Gasteiger charge is 1.95. The lowest BCUT2D eigenvalue weighted by Gasteiger charge is -2.05. The summed E-state index contributed by atoms with van der Waals surface area (Å²) in [6.45, 7) is 18.0. The molecule has 0 bridgehead atoms. The maximum Gasteiger partial charge on any atom is -0.0533 e. The van der Waals surface area contributed by atoms with Crippen molar-refractivity contribution in [1.82, 2.24) is 0 Å². The molecule has 1 saturated carbocycles. The fourth-order valence-electron chi connectivity index (χ4n) is 1.06. The smallest absolute Gasteiger partial charge is 0.0533 e. The molecular weight excluding hydrogens is 144 g/mol. The molecule has 1 aliphatic carbocycles. The van der Waals surface area contributed by atoms with Gasteiger partial charge in [0.2, 0.25) is 0 Å². The van der Waals surface area contributed by atoms with Crippen LogP contribution in [0.25, 0.3) is 0 Å². The largest absolute Gasteiger partial charge is 0.106 e. The average Bonchev–Trinajstić information content (AvgIpc) is 2.29. The molecule has 0 unspecified atom stereocenters. The van der Waals surface area contributed by atoms with Gasteiger partial charge in [0.1, 0.15) is 0 Å². The first-order chi connectivity index (χ1) is 6.00. The Morgan fingerprint density at radius 1 is 0.333 bits per heavy atom. The van der Waals surface area contributed by atoms with Crippen molar-refractivity contribution in [2.45, 2.75) is 38.5 Å². The first-order valence-electron chi connectivity index (χ1n) is 4.50. The minimum Gasteiger partial charge on any atom is -0.106 e. The van der Waals surface area contributed by atoms with Crippen LogP contribution >= 0.6 is 0 Å². The Bertz CT molecular complexity index is 36.8.